The van der Waals surface area contributed by atoms with Crippen LogP contribution in [0.2, 0.25) is 0 Å². The second-order valence-corrected chi connectivity index (χ2v) is 8.37. The number of carbonyl (C=O) groups is 1. The fraction of sp³-hybridized carbons (Fsp3) is 0.154. The minimum atomic E-state index is 0.000893. The lowest BCUT2D eigenvalue weighted by atomic mass is 10.1. The fourth-order valence-corrected chi connectivity index (χ4v) is 4.65. The molecule has 0 radical (unpaired) electrons. The molecular weight excluding hydrogens is 404 g/mol. The Bertz CT molecular complexity index is 1190. The quantitative estimate of drug-likeness (QED) is 0.389. The number of carbonyl (C=O) groups excluding carboxylic acids is 1. The maximum atomic E-state index is 12.6. The molecule has 0 saturated carbocycles. The minimum absolute atomic E-state index is 0.000893. The predicted octanol–water partition coefficient (Wildman–Crippen LogP) is 5.84. The van der Waals surface area contributed by atoms with Gasteiger partial charge in [-0.2, -0.15) is 0 Å². The highest BCUT2D eigenvalue weighted by Crippen LogP contribution is 2.37. The molecule has 0 spiro atoms. The van der Waals surface area contributed by atoms with Gasteiger partial charge in [-0.1, -0.05) is 60.7 Å². The fourth-order valence-electron chi connectivity index (χ4n) is 3.81. The summed E-state index contributed by atoms with van der Waals surface area (Å²) in [5, 5.41) is 3.05. The molecule has 5 rings (SSSR count). The minimum Gasteiger partial charge on any atom is -0.482 e. The Balaban J connectivity index is 1.38. The van der Waals surface area contributed by atoms with Gasteiger partial charge in [0.1, 0.15) is 10.8 Å². The molecule has 0 bridgehead atoms. The van der Waals surface area contributed by atoms with Crippen molar-refractivity contribution in [1.29, 1.82) is 0 Å². The zero-order valence-corrected chi connectivity index (χ0v) is 17.8. The van der Waals surface area contributed by atoms with Crippen molar-refractivity contribution in [2.75, 3.05) is 18.1 Å². The molecule has 0 atom stereocenters. The van der Waals surface area contributed by atoms with Crippen LogP contribution in [0.5, 0.6) is 5.75 Å². The molecule has 31 heavy (non-hydrogen) atoms. The van der Waals surface area contributed by atoms with Crippen LogP contribution in [-0.4, -0.2) is 24.0 Å². The lowest BCUT2D eigenvalue weighted by molar-refractivity contribution is -0.121. The maximum absolute atomic E-state index is 12.6. The van der Waals surface area contributed by atoms with Gasteiger partial charge < -0.3 is 9.64 Å². The van der Waals surface area contributed by atoms with E-state index in [1.165, 1.54) is 5.56 Å². The van der Waals surface area contributed by atoms with Gasteiger partial charge in [-0.3, -0.25) is 4.79 Å². The van der Waals surface area contributed by atoms with Crippen LogP contribution in [0.25, 0.3) is 21.8 Å². The van der Waals surface area contributed by atoms with E-state index in [9.17, 15) is 4.79 Å². The monoisotopic (exact) mass is 426 g/mol. The maximum Gasteiger partial charge on any atom is 0.265 e. The molecule has 0 unspecified atom stereocenters. The van der Waals surface area contributed by atoms with Crippen LogP contribution in [0.1, 0.15) is 12.0 Å². The molecule has 1 aliphatic heterocycles. The van der Waals surface area contributed by atoms with E-state index >= 15 is 0 Å². The third-order valence-electron chi connectivity index (χ3n) is 5.41. The third kappa shape index (κ3) is 4.23. The molecular formula is C26H22N2O2S. The lowest BCUT2D eigenvalue weighted by Gasteiger charge is -2.29. The second-order valence-electron chi connectivity index (χ2n) is 7.51. The van der Waals surface area contributed by atoms with E-state index in [-0.39, 0.29) is 12.5 Å². The Labute approximate surface area is 185 Å². The van der Waals surface area contributed by atoms with Crippen LogP contribution in [-0.2, 0) is 11.2 Å². The van der Waals surface area contributed by atoms with Crippen molar-refractivity contribution in [2.45, 2.75) is 12.8 Å². The summed E-state index contributed by atoms with van der Waals surface area (Å²) in [6.07, 6.45) is 1.83. The average Bonchev–Trinajstić information content (AvgIpc) is 3.32. The molecule has 1 aliphatic rings. The first kappa shape index (κ1) is 19.5. The van der Waals surface area contributed by atoms with Crippen molar-refractivity contribution < 1.29 is 9.53 Å². The molecule has 0 N–H and O–H groups in total. The van der Waals surface area contributed by atoms with E-state index in [4.69, 9.17) is 9.72 Å². The van der Waals surface area contributed by atoms with Crippen molar-refractivity contribution in [3.63, 3.8) is 0 Å². The molecule has 2 heterocycles. The van der Waals surface area contributed by atoms with E-state index < -0.39 is 0 Å². The predicted molar refractivity (Wildman–Crippen MR) is 126 cm³/mol. The third-order valence-corrected chi connectivity index (χ3v) is 6.30. The van der Waals surface area contributed by atoms with Gasteiger partial charge >= 0.3 is 0 Å². The summed E-state index contributed by atoms with van der Waals surface area (Å²) in [6.45, 7) is 0.756. The molecule has 5 heteroatoms. The summed E-state index contributed by atoms with van der Waals surface area (Å²) in [5.74, 6) is 0.752. The molecule has 0 aliphatic carbocycles. The highest BCUT2D eigenvalue weighted by molar-refractivity contribution is 7.13. The van der Waals surface area contributed by atoms with Crippen molar-refractivity contribution in [2.24, 2.45) is 0 Å². The van der Waals surface area contributed by atoms with E-state index in [0.29, 0.717) is 6.54 Å². The number of benzene rings is 3. The van der Waals surface area contributed by atoms with Crippen LogP contribution in [0.4, 0.5) is 5.69 Å². The first-order valence-electron chi connectivity index (χ1n) is 10.4. The standard InChI is InChI=1S/C26H22N2O2S/c29-25-17-30-24-14-13-21(22-18-31-26(27-22)20-11-5-2-6-12-20)16-23(24)28(25)15-7-10-19-8-3-1-4-9-19/h1-6,8-9,11-14,16,18H,7,10,15,17H2. The normalized spacial score (nSPS) is 13.0. The first-order chi connectivity index (χ1) is 15.3. The summed E-state index contributed by atoms with van der Waals surface area (Å²) in [5.41, 5.74) is 5.12. The van der Waals surface area contributed by atoms with Crippen LogP contribution >= 0.6 is 11.3 Å². The van der Waals surface area contributed by atoms with Crippen LogP contribution < -0.4 is 9.64 Å². The largest absolute Gasteiger partial charge is 0.482 e. The lowest BCUT2D eigenvalue weighted by Crippen LogP contribution is -2.39. The van der Waals surface area contributed by atoms with Gasteiger partial charge in [-0.25, -0.2) is 4.98 Å². The summed E-state index contributed by atoms with van der Waals surface area (Å²) in [7, 11) is 0. The summed E-state index contributed by atoms with van der Waals surface area (Å²) >= 11 is 1.62. The van der Waals surface area contributed by atoms with Crippen molar-refractivity contribution in [3.05, 3.63) is 89.8 Å². The van der Waals surface area contributed by atoms with Gasteiger partial charge in [0.2, 0.25) is 0 Å². The number of hydrogen-bond acceptors (Lipinski definition) is 4. The van der Waals surface area contributed by atoms with Gasteiger partial charge in [0, 0.05) is 23.1 Å². The number of aryl methyl sites for hydroxylation is 1. The summed E-state index contributed by atoms with van der Waals surface area (Å²) in [4.78, 5) is 19.3. The van der Waals surface area contributed by atoms with Gasteiger partial charge in [0.15, 0.2) is 6.61 Å². The van der Waals surface area contributed by atoms with Crippen molar-refractivity contribution >= 4 is 22.9 Å². The van der Waals surface area contributed by atoms with Crippen molar-refractivity contribution in [3.8, 4) is 27.6 Å². The Hall–Kier alpha value is -3.44. The van der Waals surface area contributed by atoms with Gasteiger partial charge in [-0.05, 0) is 36.6 Å². The van der Waals surface area contributed by atoms with Gasteiger partial charge in [-0.15, -0.1) is 11.3 Å². The summed E-state index contributed by atoms with van der Waals surface area (Å²) < 4.78 is 5.69. The molecule has 1 amide bonds. The zero-order valence-electron chi connectivity index (χ0n) is 17.0. The van der Waals surface area contributed by atoms with Crippen LogP contribution in [0, 0.1) is 0 Å². The number of aromatic nitrogens is 1. The molecule has 0 saturated heterocycles. The number of nitrogens with zero attached hydrogens (tertiary/aromatic N) is 2. The highest BCUT2D eigenvalue weighted by atomic mass is 32.1. The number of fused-ring (bicyclic) bond motifs is 1. The molecule has 1 aromatic heterocycles. The SMILES string of the molecule is O=C1COc2ccc(-c3csc(-c4ccccc4)n3)cc2N1CCCc1ccccc1. The number of amides is 1. The zero-order chi connectivity index (χ0) is 21.0. The Kier molecular flexibility index (Phi) is 5.50. The molecule has 4 aromatic rings. The molecule has 154 valence electrons. The number of rotatable bonds is 6. The van der Waals surface area contributed by atoms with E-state index in [2.05, 4.69) is 29.6 Å². The van der Waals surface area contributed by atoms with Crippen LogP contribution in [0.15, 0.2) is 84.2 Å². The van der Waals surface area contributed by atoms with Crippen molar-refractivity contribution in [1.82, 2.24) is 4.98 Å². The molecule has 4 nitrogen and oxygen atoms in total. The Morgan fingerprint density at radius 3 is 2.52 bits per heavy atom. The number of thiazole rings is 1. The molecule has 0 fully saturated rings. The second kappa shape index (κ2) is 8.74. The summed E-state index contributed by atoms with van der Waals surface area (Å²) in [6, 6.07) is 26.5. The van der Waals surface area contributed by atoms with Gasteiger partial charge in [0.05, 0.1) is 11.4 Å². The average molecular weight is 427 g/mol. The first-order valence-corrected chi connectivity index (χ1v) is 11.3. The van der Waals surface area contributed by atoms with E-state index in [0.717, 1.165) is 46.1 Å². The Morgan fingerprint density at radius 2 is 1.71 bits per heavy atom. The highest BCUT2D eigenvalue weighted by Gasteiger charge is 2.26. The number of anilines is 1. The Morgan fingerprint density at radius 1 is 0.935 bits per heavy atom. The van der Waals surface area contributed by atoms with Crippen LogP contribution in [0.3, 0.4) is 0 Å². The van der Waals surface area contributed by atoms with Gasteiger partial charge in [0.25, 0.3) is 5.91 Å². The van der Waals surface area contributed by atoms with E-state index in [1.54, 1.807) is 11.3 Å². The number of ether oxygens (including phenoxy) is 1. The molecule has 3 aromatic carbocycles. The number of hydrogen-bond donors (Lipinski definition) is 0. The van der Waals surface area contributed by atoms with E-state index in [1.807, 2.05) is 59.5 Å². The smallest absolute Gasteiger partial charge is 0.265 e. The topological polar surface area (TPSA) is 42.4 Å².